The fourth-order valence-electron chi connectivity index (χ4n) is 3.47. The monoisotopic (exact) mass is 562 g/mol. The first-order chi connectivity index (χ1) is 15.7. The van der Waals surface area contributed by atoms with Gasteiger partial charge in [0.2, 0.25) is 5.89 Å². The number of ether oxygens (including phenoxy) is 2. The van der Waals surface area contributed by atoms with Crippen molar-refractivity contribution in [2.45, 2.75) is 39.5 Å². The van der Waals surface area contributed by atoms with Gasteiger partial charge in [-0.05, 0) is 37.6 Å². The van der Waals surface area contributed by atoms with E-state index >= 15 is 0 Å². The average molecular weight is 562 g/mol. The van der Waals surface area contributed by atoms with Crippen LogP contribution in [0.2, 0.25) is 0 Å². The molecule has 4 rings (SSSR count). The lowest BCUT2D eigenvalue weighted by Gasteiger charge is -2.16. The van der Waals surface area contributed by atoms with Crippen LogP contribution in [-0.4, -0.2) is 36.8 Å². The van der Waals surface area contributed by atoms with E-state index in [1.165, 1.54) is 0 Å². The number of rotatable bonds is 8. The van der Waals surface area contributed by atoms with Crippen LogP contribution in [0.1, 0.15) is 30.2 Å². The number of hydrogen-bond acceptors (Lipinski definition) is 5. The number of nitrogens with one attached hydrogen (secondary N) is 2. The maximum absolute atomic E-state index is 6.20. The molecule has 1 aliphatic heterocycles. The van der Waals surface area contributed by atoms with Crippen LogP contribution in [0, 0.1) is 6.92 Å². The van der Waals surface area contributed by atoms with Crippen LogP contribution in [0.5, 0.6) is 5.75 Å². The Balaban J connectivity index is 0.00000306. The van der Waals surface area contributed by atoms with Crippen LogP contribution >= 0.6 is 24.0 Å². The van der Waals surface area contributed by atoms with Gasteiger partial charge in [-0.25, -0.2) is 9.98 Å². The van der Waals surface area contributed by atoms with E-state index in [0.717, 1.165) is 47.7 Å². The smallest absolute Gasteiger partial charge is 0.226 e. The molecule has 1 unspecified atom stereocenters. The molecule has 1 aliphatic rings. The number of halogens is 1. The van der Waals surface area contributed by atoms with Gasteiger partial charge in [0.15, 0.2) is 5.96 Å². The lowest BCUT2D eigenvalue weighted by molar-refractivity contribution is 0.140. The predicted octanol–water partition coefficient (Wildman–Crippen LogP) is 4.69. The van der Waals surface area contributed by atoms with E-state index in [9.17, 15) is 0 Å². The second-order valence-electron chi connectivity index (χ2n) is 7.77. The van der Waals surface area contributed by atoms with Gasteiger partial charge in [-0.2, -0.15) is 0 Å². The summed E-state index contributed by atoms with van der Waals surface area (Å²) >= 11 is 0. The van der Waals surface area contributed by atoms with Crippen LogP contribution in [0.4, 0.5) is 0 Å². The van der Waals surface area contributed by atoms with Crippen molar-refractivity contribution >= 4 is 29.9 Å². The number of aliphatic imine (C=N–C) groups is 1. The van der Waals surface area contributed by atoms with Crippen molar-refractivity contribution in [1.82, 2.24) is 15.6 Å². The second kappa shape index (κ2) is 12.6. The zero-order valence-electron chi connectivity index (χ0n) is 19.0. The van der Waals surface area contributed by atoms with Crippen LogP contribution in [-0.2, 0) is 17.8 Å². The molecule has 2 heterocycles. The molecular formula is C25H31IN4O3. The van der Waals surface area contributed by atoms with Crippen LogP contribution < -0.4 is 15.4 Å². The quantitative estimate of drug-likeness (QED) is 0.236. The van der Waals surface area contributed by atoms with Crippen LogP contribution in [0.25, 0.3) is 11.5 Å². The van der Waals surface area contributed by atoms with Gasteiger partial charge in [0, 0.05) is 24.1 Å². The van der Waals surface area contributed by atoms with Gasteiger partial charge >= 0.3 is 0 Å². The van der Waals surface area contributed by atoms with E-state index in [4.69, 9.17) is 18.9 Å². The number of guanidine groups is 1. The lowest BCUT2D eigenvalue weighted by Crippen LogP contribution is -2.36. The molecule has 1 aromatic heterocycles. The Morgan fingerprint density at radius 1 is 1.18 bits per heavy atom. The molecule has 0 amide bonds. The molecule has 0 spiro atoms. The molecule has 1 atom stereocenters. The molecule has 0 saturated carbocycles. The summed E-state index contributed by atoms with van der Waals surface area (Å²) in [5.74, 6) is 2.21. The van der Waals surface area contributed by atoms with E-state index in [1.807, 2.05) is 37.3 Å². The summed E-state index contributed by atoms with van der Waals surface area (Å²) in [5, 5.41) is 6.62. The maximum atomic E-state index is 6.20. The summed E-state index contributed by atoms with van der Waals surface area (Å²) in [4.78, 5) is 9.32. The molecule has 2 N–H and O–H groups in total. The first kappa shape index (κ1) is 25.0. The fraction of sp³-hybridized carbons (Fsp3) is 0.360. The van der Waals surface area contributed by atoms with E-state index in [0.29, 0.717) is 31.5 Å². The molecule has 8 heteroatoms. The van der Waals surface area contributed by atoms with Crippen molar-refractivity contribution in [3.63, 3.8) is 0 Å². The molecule has 0 bridgehead atoms. The summed E-state index contributed by atoms with van der Waals surface area (Å²) < 4.78 is 17.3. The third kappa shape index (κ3) is 7.20. The van der Waals surface area contributed by atoms with Crippen molar-refractivity contribution in [3.8, 4) is 17.2 Å². The first-order valence-corrected chi connectivity index (χ1v) is 11.1. The summed E-state index contributed by atoms with van der Waals surface area (Å²) in [5.41, 5.74) is 3.98. The predicted molar refractivity (Wildman–Crippen MR) is 140 cm³/mol. The largest absolute Gasteiger partial charge is 0.488 e. The minimum Gasteiger partial charge on any atom is -0.488 e. The zero-order chi connectivity index (χ0) is 22.2. The van der Waals surface area contributed by atoms with Gasteiger partial charge in [-0.15, -0.1) is 24.0 Å². The Kier molecular flexibility index (Phi) is 9.56. The molecular weight excluding hydrogens is 531 g/mol. The minimum absolute atomic E-state index is 0. The zero-order valence-corrected chi connectivity index (χ0v) is 21.4. The van der Waals surface area contributed by atoms with Crippen molar-refractivity contribution in [2.75, 3.05) is 19.8 Å². The number of aryl methyl sites for hydroxylation is 1. The van der Waals surface area contributed by atoms with Crippen LogP contribution in [0.3, 0.4) is 0 Å². The topological polar surface area (TPSA) is 80.9 Å². The number of aromatic nitrogens is 1. The van der Waals surface area contributed by atoms with Crippen molar-refractivity contribution in [3.05, 3.63) is 71.6 Å². The summed E-state index contributed by atoms with van der Waals surface area (Å²) in [6.07, 6.45) is 2.70. The summed E-state index contributed by atoms with van der Waals surface area (Å²) in [6, 6.07) is 16.1. The third-order valence-electron chi connectivity index (χ3n) is 5.17. The van der Waals surface area contributed by atoms with Gasteiger partial charge in [-0.3, -0.25) is 0 Å². The van der Waals surface area contributed by atoms with Crippen LogP contribution in [0.15, 0.2) is 64.2 Å². The molecule has 2 aromatic carbocycles. The molecule has 1 saturated heterocycles. The van der Waals surface area contributed by atoms with E-state index < -0.39 is 0 Å². The Bertz CT molecular complexity index is 1030. The number of hydrogen-bond donors (Lipinski definition) is 2. The Morgan fingerprint density at radius 3 is 2.79 bits per heavy atom. The highest BCUT2D eigenvalue weighted by atomic mass is 127. The molecule has 176 valence electrons. The molecule has 0 radical (unpaired) electrons. The first-order valence-electron chi connectivity index (χ1n) is 11.1. The van der Waals surface area contributed by atoms with Gasteiger partial charge in [-0.1, -0.05) is 30.3 Å². The van der Waals surface area contributed by atoms with E-state index in [1.54, 1.807) is 6.26 Å². The summed E-state index contributed by atoms with van der Waals surface area (Å²) in [6.45, 7) is 7.29. The Morgan fingerprint density at radius 2 is 2.03 bits per heavy atom. The SMILES string of the molecule is CCNC(=NCc1ccc(C)cc1OC1CCOC1)NCc1coc(-c2ccccc2)n1.I. The molecule has 0 aliphatic carbocycles. The third-order valence-corrected chi connectivity index (χ3v) is 5.17. The Labute approximate surface area is 212 Å². The average Bonchev–Trinajstić information content (AvgIpc) is 3.50. The normalized spacial score (nSPS) is 15.7. The van der Waals surface area contributed by atoms with Gasteiger partial charge in [0.25, 0.3) is 0 Å². The highest BCUT2D eigenvalue weighted by molar-refractivity contribution is 14.0. The lowest BCUT2D eigenvalue weighted by atomic mass is 10.1. The number of oxazole rings is 1. The van der Waals surface area contributed by atoms with Crippen molar-refractivity contribution in [2.24, 2.45) is 4.99 Å². The highest BCUT2D eigenvalue weighted by Gasteiger charge is 2.18. The number of nitrogens with zero attached hydrogens (tertiary/aromatic N) is 2. The van der Waals surface area contributed by atoms with Gasteiger partial charge < -0.3 is 24.5 Å². The maximum Gasteiger partial charge on any atom is 0.226 e. The molecule has 7 nitrogen and oxygen atoms in total. The molecule has 3 aromatic rings. The summed E-state index contributed by atoms with van der Waals surface area (Å²) in [7, 11) is 0. The van der Waals surface area contributed by atoms with E-state index in [2.05, 4.69) is 40.7 Å². The standard InChI is InChI=1S/C25H30N4O3.HI/c1-3-26-25(28-15-21-16-31-24(29-21)19-7-5-4-6-8-19)27-14-20-10-9-18(2)13-23(20)32-22-11-12-30-17-22;/h4-10,13,16,22H,3,11-12,14-15,17H2,1-2H3,(H2,26,27,28);1H. The fourth-order valence-corrected chi connectivity index (χ4v) is 3.47. The van der Waals surface area contributed by atoms with Gasteiger partial charge in [0.05, 0.1) is 32.0 Å². The van der Waals surface area contributed by atoms with Gasteiger partial charge in [0.1, 0.15) is 18.1 Å². The van der Waals surface area contributed by atoms with Crippen molar-refractivity contribution in [1.29, 1.82) is 0 Å². The Hall–Kier alpha value is -2.59. The second-order valence-corrected chi connectivity index (χ2v) is 7.77. The minimum atomic E-state index is 0. The van der Waals surface area contributed by atoms with Crippen molar-refractivity contribution < 1.29 is 13.9 Å². The molecule has 33 heavy (non-hydrogen) atoms. The highest BCUT2D eigenvalue weighted by Crippen LogP contribution is 2.24. The van der Waals surface area contributed by atoms with E-state index in [-0.39, 0.29) is 30.1 Å². The molecule has 1 fully saturated rings. The number of benzene rings is 2.